The van der Waals surface area contributed by atoms with E-state index in [4.69, 9.17) is 5.26 Å². The largest absolute Gasteiger partial charge is 0.293 e. The molecule has 3 nitrogen and oxygen atoms in total. The minimum absolute atomic E-state index is 0.377. The maximum Gasteiger partial charge on any atom is 0.194 e. The monoisotopic (exact) mass is 253 g/mol. The van der Waals surface area contributed by atoms with Crippen molar-refractivity contribution in [3.63, 3.8) is 0 Å². The van der Waals surface area contributed by atoms with Crippen LogP contribution in [0.25, 0.3) is 16.2 Å². The Morgan fingerprint density at radius 2 is 2.11 bits per heavy atom. The Kier molecular flexibility index (Phi) is 2.62. The van der Waals surface area contributed by atoms with Crippen molar-refractivity contribution in [1.82, 2.24) is 9.38 Å². The van der Waals surface area contributed by atoms with E-state index in [1.165, 1.54) is 4.88 Å². The van der Waals surface area contributed by atoms with Crippen molar-refractivity contribution in [3.8, 4) is 17.3 Å². The second kappa shape index (κ2) is 4.28. The molecule has 3 aromatic rings. The number of nitriles is 1. The summed E-state index contributed by atoms with van der Waals surface area (Å²) in [6, 6.07) is 12.2. The Morgan fingerprint density at radius 1 is 1.33 bits per heavy atom. The highest BCUT2D eigenvalue weighted by molar-refractivity contribution is 7.17. The van der Waals surface area contributed by atoms with Crippen molar-refractivity contribution in [2.24, 2.45) is 0 Å². The van der Waals surface area contributed by atoms with Gasteiger partial charge in [-0.1, -0.05) is 30.3 Å². The van der Waals surface area contributed by atoms with Crippen molar-refractivity contribution < 1.29 is 0 Å². The number of hydrogen-bond acceptors (Lipinski definition) is 3. The number of imidazole rings is 1. The molecule has 0 unspecified atom stereocenters. The summed E-state index contributed by atoms with van der Waals surface area (Å²) in [6.45, 7) is 2.05. The van der Waals surface area contributed by atoms with E-state index in [2.05, 4.69) is 18.0 Å². The summed E-state index contributed by atoms with van der Waals surface area (Å²) in [5, 5.41) is 8.99. The first-order chi connectivity index (χ1) is 8.79. The quantitative estimate of drug-likeness (QED) is 0.702. The van der Waals surface area contributed by atoms with Gasteiger partial charge in [0.15, 0.2) is 4.96 Å². The summed E-state index contributed by atoms with van der Waals surface area (Å²) in [5.41, 5.74) is 2.96. The lowest BCUT2D eigenvalue weighted by Crippen LogP contribution is -1.91. The molecule has 18 heavy (non-hydrogen) atoms. The molecule has 3 rings (SSSR count). The molecular formula is C14H11N3S. The van der Waals surface area contributed by atoms with Gasteiger partial charge in [0.1, 0.15) is 0 Å². The van der Waals surface area contributed by atoms with Gasteiger partial charge >= 0.3 is 0 Å². The van der Waals surface area contributed by atoms with Crippen LogP contribution in [0.2, 0.25) is 0 Å². The first-order valence-corrected chi connectivity index (χ1v) is 6.51. The van der Waals surface area contributed by atoms with Crippen molar-refractivity contribution in [3.05, 3.63) is 47.1 Å². The molecule has 0 amide bonds. The number of rotatable bonds is 2. The number of hydrogen-bond donors (Lipinski definition) is 0. The highest BCUT2D eigenvalue weighted by Crippen LogP contribution is 2.28. The summed E-state index contributed by atoms with van der Waals surface area (Å²) in [5.74, 6) is 0. The van der Waals surface area contributed by atoms with Crippen LogP contribution < -0.4 is 0 Å². The summed E-state index contributed by atoms with van der Waals surface area (Å²) in [7, 11) is 0. The number of thiazole rings is 1. The SMILES string of the molecule is Cc1cn2c(CC#N)c(-c3ccccc3)nc2s1. The maximum absolute atomic E-state index is 8.99. The van der Waals surface area contributed by atoms with Gasteiger partial charge < -0.3 is 0 Å². The third-order valence-electron chi connectivity index (χ3n) is 2.83. The Morgan fingerprint density at radius 3 is 2.83 bits per heavy atom. The van der Waals surface area contributed by atoms with Crippen molar-refractivity contribution >= 4 is 16.3 Å². The molecule has 0 bridgehead atoms. The van der Waals surface area contributed by atoms with Gasteiger partial charge in [0.25, 0.3) is 0 Å². The lowest BCUT2D eigenvalue weighted by Gasteiger charge is -1.99. The van der Waals surface area contributed by atoms with Crippen molar-refractivity contribution in [1.29, 1.82) is 5.26 Å². The van der Waals surface area contributed by atoms with Gasteiger partial charge in [-0.25, -0.2) is 4.98 Å². The second-order valence-corrected chi connectivity index (χ2v) is 5.32. The predicted octanol–water partition coefficient (Wildman–Crippen LogP) is 3.44. The van der Waals surface area contributed by atoms with E-state index in [0.29, 0.717) is 6.42 Å². The van der Waals surface area contributed by atoms with Crippen LogP contribution in [-0.2, 0) is 6.42 Å². The third-order valence-corrected chi connectivity index (χ3v) is 3.73. The topological polar surface area (TPSA) is 41.1 Å². The van der Waals surface area contributed by atoms with Gasteiger partial charge in [0.05, 0.1) is 23.9 Å². The van der Waals surface area contributed by atoms with E-state index >= 15 is 0 Å². The standard InChI is InChI=1S/C14H11N3S/c1-10-9-17-12(7-8-15)13(16-14(17)18-10)11-5-3-2-4-6-11/h2-6,9H,7H2,1H3. The molecule has 0 spiro atoms. The summed E-state index contributed by atoms with van der Waals surface area (Å²) < 4.78 is 2.03. The van der Waals surface area contributed by atoms with Crippen LogP contribution >= 0.6 is 11.3 Å². The highest BCUT2D eigenvalue weighted by Gasteiger charge is 2.15. The fraction of sp³-hybridized carbons (Fsp3) is 0.143. The summed E-state index contributed by atoms with van der Waals surface area (Å²) in [4.78, 5) is 6.81. The summed E-state index contributed by atoms with van der Waals surface area (Å²) >= 11 is 1.65. The molecule has 2 aromatic heterocycles. The van der Waals surface area contributed by atoms with Gasteiger partial charge in [-0.05, 0) is 6.92 Å². The lowest BCUT2D eigenvalue weighted by molar-refractivity contribution is 1.07. The lowest BCUT2D eigenvalue weighted by atomic mass is 10.1. The van der Waals surface area contributed by atoms with Crippen LogP contribution in [0.5, 0.6) is 0 Å². The molecule has 0 aliphatic heterocycles. The Hall–Kier alpha value is -2.12. The first kappa shape index (κ1) is 11.0. The molecule has 1 aromatic carbocycles. The maximum atomic E-state index is 8.99. The zero-order valence-electron chi connectivity index (χ0n) is 9.92. The average Bonchev–Trinajstić information content (AvgIpc) is 2.89. The molecule has 0 atom stereocenters. The number of aryl methyl sites for hydroxylation is 1. The number of fused-ring (bicyclic) bond motifs is 1. The van der Waals surface area contributed by atoms with E-state index in [-0.39, 0.29) is 0 Å². The van der Waals surface area contributed by atoms with E-state index < -0.39 is 0 Å². The molecule has 0 N–H and O–H groups in total. The van der Waals surface area contributed by atoms with Gasteiger partial charge in [0.2, 0.25) is 0 Å². The van der Waals surface area contributed by atoms with Gasteiger partial charge in [-0.15, -0.1) is 11.3 Å². The second-order valence-electron chi connectivity index (χ2n) is 4.10. The predicted molar refractivity (Wildman–Crippen MR) is 72.6 cm³/mol. The van der Waals surface area contributed by atoms with Crippen LogP contribution in [0.3, 0.4) is 0 Å². The van der Waals surface area contributed by atoms with Crippen LogP contribution in [0, 0.1) is 18.3 Å². The van der Waals surface area contributed by atoms with Gasteiger partial charge in [-0.2, -0.15) is 5.26 Å². The van der Waals surface area contributed by atoms with Gasteiger partial charge in [-0.3, -0.25) is 4.40 Å². The van der Waals surface area contributed by atoms with Crippen LogP contribution in [0.4, 0.5) is 0 Å². The molecule has 88 valence electrons. The number of nitrogens with zero attached hydrogens (tertiary/aromatic N) is 3. The van der Waals surface area contributed by atoms with E-state index in [1.807, 2.05) is 40.9 Å². The highest BCUT2D eigenvalue weighted by atomic mass is 32.1. The van der Waals surface area contributed by atoms with E-state index in [0.717, 1.165) is 21.9 Å². The van der Waals surface area contributed by atoms with Crippen molar-refractivity contribution in [2.45, 2.75) is 13.3 Å². The van der Waals surface area contributed by atoms with Crippen LogP contribution in [-0.4, -0.2) is 9.38 Å². The zero-order chi connectivity index (χ0) is 12.5. The molecule has 2 heterocycles. The molecule has 0 aliphatic rings. The minimum atomic E-state index is 0.377. The van der Waals surface area contributed by atoms with Crippen LogP contribution in [0.1, 0.15) is 10.6 Å². The minimum Gasteiger partial charge on any atom is -0.293 e. The zero-order valence-corrected chi connectivity index (χ0v) is 10.7. The van der Waals surface area contributed by atoms with E-state index in [1.54, 1.807) is 11.3 Å². The molecule has 0 saturated carbocycles. The Balaban J connectivity index is 2.26. The summed E-state index contributed by atoms with van der Waals surface area (Å²) in [6.07, 6.45) is 2.42. The smallest absolute Gasteiger partial charge is 0.194 e. The number of aromatic nitrogens is 2. The molecular weight excluding hydrogens is 242 g/mol. The molecule has 0 radical (unpaired) electrons. The molecule has 4 heteroatoms. The first-order valence-electron chi connectivity index (χ1n) is 5.69. The van der Waals surface area contributed by atoms with Gasteiger partial charge in [0, 0.05) is 16.6 Å². The van der Waals surface area contributed by atoms with E-state index in [9.17, 15) is 0 Å². The Labute approximate surface area is 109 Å². The average molecular weight is 253 g/mol. The fourth-order valence-electron chi connectivity index (χ4n) is 2.07. The molecule has 0 aliphatic carbocycles. The number of benzene rings is 1. The molecule has 0 fully saturated rings. The van der Waals surface area contributed by atoms with Crippen molar-refractivity contribution in [2.75, 3.05) is 0 Å². The third kappa shape index (κ3) is 1.69. The van der Waals surface area contributed by atoms with Crippen LogP contribution in [0.15, 0.2) is 36.5 Å². The molecule has 0 saturated heterocycles. The fourth-order valence-corrected chi connectivity index (χ4v) is 2.92. The normalized spacial score (nSPS) is 10.7. The Bertz CT molecular complexity index is 732.